The monoisotopic (exact) mass is 310 g/mol. The summed E-state index contributed by atoms with van der Waals surface area (Å²) in [5.74, 6) is 0. The van der Waals surface area contributed by atoms with Crippen molar-refractivity contribution in [3.63, 3.8) is 0 Å². The molecule has 0 aliphatic carbocycles. The Bertz CT molecular complexity index is 1020. The number of rotatable bonds is 2. The van der Waals surface area contributed by atoms with Crippen molar-refractivity contribution in [3.05, 3.63) is 83.9 Å². The van der Waals surface area contributed by atoms with E-state index in [0.717, 1.165) is 27.7 Å². The molecular weight excluding hydrogens is 292 g/mol. The Balaban J connectivity index is 2.11. The van der Waals surface area contributed by atoms with Crippen LogP contribution in [0.1, 0.15) is 11.1 Å². The molecule has 0 bridgehead atoms. The molecule has 3 aromatic carbocycles. The molecule has 0 unspecified atom stereocenters. The molecule has 0 atom stereocenters. The fourth-order valence-corrected chi connectivity index (χ4v) is 3.15. The zero-order valence-corrected chi connectivity index (χ0v) is 13.8. The van der Waals surface area contributed by atoms with E-state index in [9.17, 15) is 0 Å². The number of benzene rings is 3. The smallest absolute Gasteiger partial charge is 0.102 e. The van der Waals surface area contributed by atoms with E-state index in [2.05, 4.69) is 78.6 Å². The molecule has 0 N–H and O–H groups in total. The summed E-state index contributed by atoms with van der Waals surface area (Å²) in [5.41, 5.74) is 7.84. The topological polar surface area (TPSA) is 25.8 Å². The van der Waals surface area contributed by atoms with Crippen molar-refractivity contribution < 1.29 is 0 Å². The molecule has 0 saturated carbocycles. The Labute approximate surface area is 141 Å². The third kappa shape index (κ3) is 2.37. The van der Waals surface area contributed by atoms with E-state index in [-0.39, 0.29) is 0 Å². The zero-order chi connectivity index (χ0) is 16.5. The van der Waals surface area contributed by atoms with Gasteiger partial charge in [0.25, 0.3) is 0 Å². The number of aromatic nitrogens is 2. The SMILES string of the molecule is Cc1cccc(-c2nnc3ccccc3c2-c2ccccc2)c1C. The van der Waals surface area contributed by atoms with Gasteiger partial charge in [0.1, 0.15) is 5.69 Å². The minimum Gasteiger partial charge on any atom is -0.150 e. The number of fused-ring (bicyclic) bond motifs is 1. The number of hydrogen-bond donors (Lipinski definition) is 0. The molecule has 24 heavy (non-hydrogen) atoms. The predicted octanol–water partition coefficient (Wildman–Crippen LogP) is 5.58. The lowest BCUT2D eigenvalue weighted by atomic mass is 9.92. The second kappa shape index (κ2) is 5.89. The van der Waals surface area contributed by atoms with Crippen molar-refractivity contribution in [2.45, 2.75) is 13.8 Å². The molecule has 0 saturated heterocycles. The summed E-state index contributed by atoms with van der Waals surface area (Å²) in [4.78, 5) is 0. The van der Waals surface area contributed by atoms with Gasteiger partial charge in [0.05, 0.1) is 5.52 Å². The third-order valence-electron chi connectivity index (χ3n) is 4.59. The predicted molar refractivity (Wildman–Crippen MR) is 99.9 cm³/mol. The van der Waals surface area contributed by atoms with Crippen LogP contribution in [0.5, 0.6) is 0 Å². The Kier molecular flexibility index (Phi) is 3.58. The summed E-state index contributed by atoms with van der Waals surface area (Å²) in [6.07, 6.45) is 0. The summed E-state index contributed by atoms with van der Waals surface area (Å²) >= 11 is 0. The first kappa shape index (κ1) is 14.6. The molecule has 1 aromatic heterocycles. The van der Waals surface area contributed by atoms with Crippen LogP contribution in [0, 0.1) is 13.8 Å². The van der Waals surface area contributed by atoms with Crippen molar-refractivity contribution in [1.82, 2.24) is 10.2 Å². The van der Waals surface area contributed by atoms with Gasteiger partial charge < -0.3 is 0 Å². The van der Waals surface area contributed by atoms with Crippen LogP contribution in [0.15, 0.2) is 72.8 Å². The van der Waals surface area contributed by atoms with Gasteiger partial charge in [-0.25, -0.2) is 0 Å². The van der Waals surface area contributed by atoms with Crippen molar-refractivity contribution in [2.24, 2.45) is 0 Å². The lowest BCUT2D eigenvalue weighted by molar-refractivity contribution is 1.08. The largest absolute Gasteiger partial charge is 0.150 e. The number of nitrogens with zero attached hydrogens (tertiary/aromatic N) is 2. The summed E-state index contributed by atoms with van der Waals surface area (Å²) < 4.78 is 0. The summed E-state index contributed by atoms with van der Waals surface area (Å²) in [5, 5.41) is 10.2. The third-order valence-corrected chi connectivity index (χ3v) is 4.59. The molecule has 1 heterocycles. The molecule has 4 rings (SSSR count). The standard InChI is InChI=1S/C22H18N2/c1-15-9-8-13-18(16(15)2)22-21(17-10-4-3-5-11-17)19-12-6-7-14-20(19)23-24-22/h3-14H,1-2H3. The average molecular weight is 310 g/mol. The molecule has 0 spiro atoms. The summed E-state index contributed by atoms with van der Waals surface area (Å²) in [6, 6.07) is 25.0. The molecule has 0 amide bonds. The quantitative estimate of drug-likeness (QED) is 0.483. The molecule has 0 radical (unpaired) electrons. The van der Waals surface area contributed by atoms with Crippen molar-refractivity contribution in [2.75, 3.05) is 0 Å². The summed E-state index contributed by atoms with van der Waals surface area (Å²) in [6.45, 7) is 4.28. The van der Waals surface area contributed by atoms with Crippen molar-refractivity contribution in [1.29, 1.82) is 0 Å². The first-order chi connectivity index (χ1) is 11.8. The Hall–Kier alpha value is -3.00. The molecule has 116 valence electrons. The number of aryl methyl sites for hydroxylation is 1. The van der Waals surface area contributed by atoms with Crippen molar-refractivity contribution in [3.8, 4) is 22.4 Å². The lowest BCUT2D eigenvalue weighted by Gasteiger charge is -2.14. The highest BCUT2D eigenvalue weighted by Gasteiger charge is 2.16. The molecule has 0 aliphatic rings. The minimum absolute atomic E-state index is 0.922. The highest BCUT2D eigenvalue weighted by molar-refractivity contribution is 6.00. The van der Waals surface area contributed by atoms with Gasteiger partial charge in [-0.2, -0.15) is 0 Å². The van der Waals surface area contributed by atoms with Crippen LogP contribution in [-0.4, -0.2) is 10.2 Å². The summed E-state index contributed by atoms with van der Waals surface area (Å²) in [7, 11) is 0. The van der Waals surface area contributed by atoms with Gasteiger partial charge in [0.2, 0.25) is 0 Å². The van der Waals surface area contributed by atoms with Gasteiger partial charge in [0, 0.05) is 16.5 Å². The van der Waals surface area contributed by atoms with Crippen LogP contribution in [0.25, 0.3) is 33.3 Å². The Morgan fingerprint density at radius 3 is 2.25 bits per heavy atom. The van der Waals surface area contributed by atoms with Crippen molar-refractivity contribution >= 4 is 10.9 Å². The number of hydrogen-bond acceptors (Lipinski definition) is 2. The van der Waals surface area contributed by atoms with E-state index in [1.165, 1.54) is 16.7 Å². The second-order valence-electron chi connectivity index (χ2n) is 6.05. The van der Waals surface area contributed by atoms with E-state index < -0.39 is 0 Å². The molecule has 2 heteroatoms. The van der Waals surface area contributed by atoms with Gasteiger partial charge in [-0.05, 0) is 36.6 Å². The lowest BCUT2D eigenvalue weighted by Crippen LogP contribution is -1.97. The van der Waals surface area contributed by atoms with Gasteiger partial charge in [-0.3, -0.25) is 0 Å². The van der Waals surface area contributed by atoms with E-state index in [4.69, 9.17) is 0 Å². The Morgan fingerprint density at radius 1 is 0.667 bits per heavy atom. The van der Waals surface area contributed by atoms with Crippen LogP contribution in [0.2, 0.25) is 0 Å². The fraction of sp³-hybridized carbons (Fsp3) is 0.0909. The van der Waals surface area contributed by atoms with Gasteiger partial charge >= 0.3 is 0 Å². The first-order valence-corrected chi connectivity index (χ1v) is 8.13. The van der Waals surface area contributed by atoms with Crippen LogP contribution >= 0.6 is 0 Å². The van der Waals surface area contributed by atoms with Gasteiger partial charge in [0.15, 0.2) is 0 Å². The Morgan fingerprint density at radius 2 is 1.42 bits per heavy atom. The normalized spacial score (nSPS) is 10.9. The van der Waals surface area contributed by atoms with Crippen LogP contribution in [0.4, 0.5) is 0 Å². The average Bonchev–Trinajstić information content (AvgIpc) is 2.64. The van der Waals surface area contributed by atoms with E-state index in [1.807, 2.05) is 18.2 Å². The van der Waals surface area contributed by atoms with Gasteiger partial charge in [-0.15, -0.1) is 10.2 Å². The maximum absolute atomic E-state index is 4.61. The minimum atomic E-state index is 0.922. The van der Waals surface area contributed by atoms with E-state index >= 15 is 0 Å². The van der Waals surface area contributed by atoms with Gasteiger partial charge in [-0.1, -0.05) is 66.7 Å². The highest BCUT2D eigenvalue weighted by atomic mass is 15.1. The van der Waals surface area contributed by atoms with E-state index in [1.54, 1.807) is 0 Å². The first-order valence-electron chi connectivity index (χ1n) is 8.13. The van der Waals surface area contributed by atoms with Crippen LogP contribution in [-0.2, 0) is 0 Å². The zero-order valence-electron chi connectivity index (χ0n) is 13.8. The van der Waals surface area contributed by atoms with Crippen LogP contribution in [0.3, 0.4) is 0 Å². The second-order valence-corrected chi connectivity index (χ2v) is 6.05. The molecule has 0 aliphatic heterocycles. The molecular formula is C22H18N2. The van der Waals surface area contributed by atoms with E-state index in [0.29, 0.717) is 0 Å². The molecule has 2 nitrogen and oxygen atoms in total. The maximum atomic E-state index is 4.61. The fourth-order valence-electron chi connectivity index (χ4n) is 3.15. The maximum Gasteiger partial charge on any atom is 0.102 e. The molecule has 0 fully saturated rings. The molecule has 4 aromatic rings. The highest BCUT2D eigenvalue weighted by Crippen LogP contribution is 2.37. The van der Waals surface area contributed by atoms with Crippen LogP contribution < -0.4 is 0 Å².